The minimum Gasteiger partial charge on any atom is -0.0843 e. The van der Waals surface area contributed by atoms with Crippen LogP contribution in [-0.2, 0) is 5.41 Å². The molecule has 0 bridgehead atoms. The first-order chi connectivity index (χ1) is 7.97. The molecule has 0 aliphatic rings. The Kier molecular flexibility index (Phi) is 3.26. The van der Waals surface area contributed by atoms with Crippen molar-refractivity contribution in [3.63, 3.8) is 0 Å². The average molecular weight is 245 g/mol. The van der Waals surface area contributed by atoms with Crippen molar-refractivity contribution in [1.29, 1.82) is 0 Å². The molecule has 2 rings (SSSR count). The van der Waals surface area contributed by atoms with Crippen molar-refractivity contribution in [2.75, 3.05) is 0 Å². The quantitative estimate of drug-likeness (QED) is 0.638. The topological polar surface area (TPSA) is 0 Å². The van der Waals surface area contributed by atoms with E-state index in [4.69, 9.17) is 11.6 Å². The maximum absolute atomic E-state index is 6.00. The molecule has 0 spiro atoms. The normalized spacial score (nSPS) is 11.5. The molecule has 0 radical (unpaired) electrons. The van der Waals surface area contributed by atoms with Crippen LogP contribution in [0.3, 0.4) is 0 Å². The maximum atomic E-state index is 6.00. The number of halogens is 1. The van der Waals surface area contributed by atoms with Gasteiger partial charge < -0.3 is 0 Å². The molecule has 0 amide bonds. The summed E-state index contributed by atoms with van der Waals surface area (Å²) < 4.78 is 0. The number of benzene rings is 2. The van der Waals surface area contributed by atoms with Gasteiger partial charge in [-0.15, -0.1) is 0 Å². The van der Waals surface area contributed by atoms with E-state index >= 15 is 0 Å². The highest BCUT2D eigenvalue weighted by Gasteiger charge is 2.12. The van der Waals surface area contributed by atoms with Crippen molar-refractivity contribution >= 4 is 11.6 Å². The smallest absolute Gasteiger partial charge is 0.0412 e. The predicted octanol–water partition coefficient (Wildman–Crippen LogP) is 5.30. The van der Waals surface area contributed by atoms with Crippen LogP contribution in [0.25, 0.3) is 11.1 Å². The third kappa shape index (κ3) is 2.89. The highest BCUT2D eigenvalue weighted by Crippen LogP contribution is 2.27. The van der Waals surface area contributed by atoms with Crippen molar-refractivity contribution in [1.82, 2.24) is 0 Å². The van der Waals surface area contributed by atoms with Crippen molar-refractivity contribution in [2.45, 2.75) is 26.2 Å². The summed E-state index contributed by atoms with van der Waals surface area (Å²) in [6.07, 6.45) is 0. The number of rotatable bonds is 1. The molecule has 0 aromatic heterocycles. The van der Waals surface area contributed by atoms with Gasteiger partial charge in [-0.2, -0.15) is 0 Å². The van der Waals surface area contributed by atoms with Crippen LogP contribution in [-0.4, -0.2) is 0 Å². The lowest BCUT2D eigenvalue weighted by atomic mass is 9.86. The van der Waals surface area contributed by atoms with Gasteiger partial charge in [0, 0.05) is 5.02 Å². The van der Waals surface area contributed by atoms with Gasteiger partial charge in [-0.3, -0.25) is 0 Å². The lowest BCUT2D eigenvalue weighted by molar-refractivity contribution is 0.590. The molecule has 2 aromatic rings. The Bertz CT molecular complexity index is 504. The summed E-state index contributed by atoms with van der Waals surface area (Å²) in [4.78, 5) is 0. The summed E-state index contributed by atoms with van der Waals surface area (Å²) in [6.45, 7) is 6.67. The van der Waals surface area contributed by atoms with Gasteiger partial charge >= 0.3 is 0 Å². The lowest BCUT2D eigenvalue weighted by Gasteiger charge is -2.19. The Balaban J connectivity index is 2.36. The number of hydrogen-bond acceptors (Lipinski definition) is 0. The van der Waals surface area contributed by atoms with Crippen molar-refractivity contribution in [3.05, 3.63) is 59.1 Å². The molecule has 17 heavy (non-hydrogen) atoms. The van der Waals surface area contributed by atoms with Crippen LogP contribution < -0.4 is 0 Å². The molecule has 2 aromatic carbocycles. The molecule has 0 atom stereocenters. The fourth-order valence-corrected chi connectivity index (χ4v) is 2.02. The third-order valence-corrected chi connectivity index (χ3v) is 3.14. The van der Waals surface area contributed by atoms with Crippen LogP contribution in [0.2, 0.25) is 5.02 Å². The van der Waals surface area contributed by atoms with Gasteiger partial charge in [0.15, 0.2) is 0 Å². The minimum atomic E-state index is 0.201. The minimum absolute atomic E-state index is 0.201. The average Bonchev–Trinajstić information content (AvgIpc) is 2.28. The summed E-state index contributed by atoms with van der Waals surface area (Å²) in [5.41, 5.74) is 3.93. The Labute approximate surface area is 108 Å². The SMILES string of the molecule is CC(C)(C)c1ccc(-c2cccc(Cl)c2)cc1. The Morgan fingerprint density at radius 3 is 2.00 bits per heavy atom. The second kappa shape index (κ2) is 4.54. The second-order valence-corrected chi connectivity index (χ2v) is 5.77. The standard InChI is InChI=1S/C16H17Cl/c1-16(2,3)14-9-7-12(8-10-14)13-5-4-6-15(17)11-13/h4-11H,1-3H3. The predicted molar refractivity (Wildman–Crippen MR) is 75.6 cm³/mol. The first kappa shape index (κ1) is 12.2. The van der Waals surface area contributed by atoms with E-state index < -0.39 is 0 Å². The summed E-state index contributed by atoms with van der Waals surface area (Å²) >= 11 is 6.00. The van der Waals surface area contributed by atoms with E-state index in [1.807, 2.05) is 18.2 Å². The summed E-state index contributed by atoms with van der Waals surface area (Å²) in [5.74, 6) is 0. The highest BCUT2D eigenvalue weighted by atomic mass is 35.5. The zero-order chi connectivity index (χ0) is 12.5. The van der Waals surface area contributed by atoms with E-state index in [-0.39, 0.29) is 5.41 Å². The molecule has 0 fully saturated rings. The van der Waals surface area contributed by atoms with Crippen LogP contribution in [0.4, 0.5) is 0 Å². The van der Waals surface area contributed by atoms with E-state index in [9.17, 15) is 0 Å². The first-order valence-corrected chi connectivity index (χ1v) is 6.21. The van der Waals surface area contributed by atoms with Gasteiger partial charge in [0.25, 0.3) is 0 Å². The van der Waals surface area contributed by atoms with E-state index in [0.717, 1.165) is 10.6 Å². The first-order valence-electron chi connectivity index (χ1n) is 5.83. The molecule has 0 N–H and O–H groups in total. The van der Waals surface area contributed by atoms with Crippen molar-refractivity contribution in [3.8, 4) is 11.1 Å². The van der Waals surface area contributed by atoms with Crippen LogP contribution in [0.1, 0.15) is 26.3 Å². The van der Waals surface area contributed by atoms with Crippen LogP contribution >= 0.6 is 11.6 Å². The molecule has 0 saturated heterocycles. The third-order valence-electron chi connectivity index (χ3n) is 2.91. The van der Waals surface area contributed by atoms with Crippen molar-refractivity contribution in [2.24, 2.45) is 0 Å². The van der Waals surface area contributed by atoms with Gasteiger partial charge in [0.1, 0.15) is 0 Å². The van der Waals surface area contributed by atoms with Crippen molar-refractivity contribution < 1.29 is 0 Å². The Hall–Kier alpha value is -1.27. The molecular formula is C16H17Cl. The molecular weight excluding hydrogens is 228 g/mol. The molecule has 1 heteroatoms. The molecule has 0 saturated carbocycles. The summed E-state index contributed by atoms with van der Waals surface area (Å²) in [7, 11) is 0. The van der Waals surface area contributed by atoms with Gasteiger partial charge in [0.2, 0.25) is 0 Å². The largest absolute Gasteiger partial charge is 0.0843 e. The van der Waals surface area contributed by atoms with E-state index in [1.165, 1.54) is 11.1 Å². The molecule has 0 aliphatic carbocycles. The van der Waals surface area contributed by atoms with Crippen LogP contribution in [0.5, 0.6) is 0 Å². The maximum Gasteiger partial charge on any atom is 0.0412 e. The van der Waals surface area contributed by atoms with E-state index in [1.54, 1.807) is 0 Å². The second-order valence-electron chi connectivity index (χ2n) is 5.34. The molecule has 0 nitrogen and oxygen atoms in total. The van der Waals surface area contributed by atoms with Gasteiger partial charge in [-0.25, -0.2) is 0 Å². The summed E-state index contributed by atoms with van der Waals surface area (Å²) in [5, 5.41) is 0.780. The van der Waals surface area contributed by atoms with E-state index in [0.29, 0.717) is 0 Å². The zero-order valence-corrected chi connectivity index (χ0v) is 11.3. The van der Waals surface area contributed by atoms with Gasteiger partial charge in [-0.1, -0.05) is 68.8 Å². The van der Waals surface area contributed by atoms with Crippen LogP contribution in [0, 0.1) is 0 Å². The lowest BCUT2D eigenvalue weighted by Crippen LogP contribution is -2.10. The summed E-state index contributed by atoms with van der Waals surface area (Å²) in [6, 6.07) is 16.7. The number of hydrogen-bond donors (Lipinski definition) is 0. The highest BCUT2D eigenvalue weighted by molar-refractivity contribution is 6.30. The van der Waals surface area contributed by atoms with Crippen LogP contribution in [0.15, 0.2) is 48.5 Å². The monoisotopic (exact) mass is 244 g/mol. The molecule has 0 heterocycles. The van der Waals surface area contributed by atoms with E-state index in [2.05, 4.69) is 51.1 Å². The van der Waals surface area contributed by atoms with Gasteiger partial charge in [-0.05, 0) is 34.2 Å². The molecule has 88 valence electrons. The fourth-order valence-electron chi connectivity index (χ4n) is 1.83. The van der Waals surface area contributed by atoms with Gasteiger partial charge in [0.05, 0.1) is 0 Å². The Morgan fingerprint density at radius 2 is 1.47 bits per heavy atom. The molecule has 0 unspecified atom stereocenters. The fraction of sp³-hybridized carbons (Fsp3) is 0.250. The molecule has 0 aliphatic heterocycles. The zero-order valence-electron chi connectivity index (χ0n) is 10.5. The Morgan fingerprint density at radius 1 is 0.824 bits per heavy atom.